The third kappa shape index (κ3) is 5.44. The molecule has 1 atom stereocenters. The first-order valence-electron chi connectivity index (χ1n) is 9.67. The van der Waals surface area contributed by atoms with Gasteiger partial charge in [0.15, 0.2) is 5.69 Å². The molecule has 0 aromatic heterocycles. The number of piperidine rings is 1. The van der Waals surface area contributed by atoms with Gasteiger partial charge in [-0.15, -0.1) is 0 Å². The summed E-state index contributed by atoms with van der Waals surface area (Å²) >= 11 is 6.01. The zero-order valence-corrected chi connectivity index (χ0v) is 18.1. The van der Waals surface area contributed by atoms with E-state index in [0.717, 1.165) is 12.1 Å². The van der Waals surface area contributed by atoms with Crippen molar-refractivity contribution < 1.29 is 27.5 Å². The fraction of sp³-hybridized carbons (Fsp3) is 0.600. The van der Waals surface area contributed by atoms with Crippen molar-refractivity contribution in [2.24, 2.45) is 5.92 Å². The number of rotatable bonds is 3. The lowest BCUT2D eigenvalue weighted by Gasteiger charge is -2.42. The van der Waals surface area contributed by atoms with Crippen LogP contribution in [-0.4, -0.2) is 42.1 Å². The molecule has 1 aliphatic heterocycles. The van der Waals surface area contributed by atoms with E-state index in [1.807, 2.05) is 0 Å². The third-order valence-corrected chi connectivity index (χ3v) is 5.28. The van der Waals surface area contributed by atoms with Crippen LogP contribution in [0.4, 0.5) is 23.7 Å². The Morgan fingerprint density at radius 3 is 2.27 bits per heavy atom. The molecule has 0 N–H and O–H groups in total. The fourth-order valence-electron chi connectivity index (χ4n) is 3.34. The van der Waals surface area contributed by atoms with E-state index in [1.54, 1.807) is 20.8 Å². The molecule has 1 heterocycles. The van der Waals surface area contributed by atoms with Crippen LogP contribution in [-0.2, 0) is 15.7 Å². The van der Waals surface area contributed by atoms with Gasteiger partial charge >= 0.3 is 18.2 Å². The number of nitrogens with zero attached hydrogens (tertiary/aromatic N) is 2. The van der Waals surface area contributed by atoms with Gasteiger partial charge in [0, 0.05) is 19.2 Å². The normalized spacial score (nSPS) is 18.1. The second kappa shape index (κ2) is 8.72. The third-order valence-electron chi connectivity index (χ3n) is 4.96. The highest BCUT2D eigenvalue weighted by Crippen LogP contribution is 2.39. The van der Waals surface area contributed by atoms with Gasteiger partial charge in [-0.2, -0.15) is 13.2 Å². The van der Waals surface area contributed by atoms with E-state index >= 15 is 0 Å². The molecule has 1 unspecified atom stereocenters. The van der Waals surface area contributed by atoms with Crippen LogP contribution in [0.3, 0.4) is 0 Å². The number of halogens is 4. The number of ether oxygens (including phenoxy) is 1. The molecule has 168 valence electrons. The Kier molecular flexibility index (Phi) is 7.10. The zero-order valence-electron chi connectivity index (χ0n) is 17.4. The number of hydrogen-bond acceptors (Lipinski definition) is 4. The maximum absolute atomic E-state index is 13.4. The largest absolute Gasteiger partial charge is 0.620 e. The predicted octanol–water partition coefficient (Wildman–Crippen LogP) is 5.36. The van der Waals surface area contributed by atoms with Gasteiger partial charge in [0.05, 0.1) is 18.0 Å². The van der Waals surface area contributed by atoms with E-state index in [9.17, 15) is 28.0 Å². The van der Waals surface area contributed by atoms with Crippen LogP contribution in [0.15, 0.2) is 18.2 Å². The van der Waals surface area contributed by atoms with Crippen LogP contribution in [0.5, 0.6) is 0 Å². The van der Waals surface area contributed by atoms with Crippen LogP contribution in [0, 0.1) is 11.1 Å². The fourth-order valence-corrected chi connectivity index (χ4v) is 3.60. The van der Waals surface area contributed by atoms with Gasteiger partial charge in [-0.3, -0.25) is 4.65 Å². The first kappa shape index (κ1) is 24.4. The highest BCUT2D eigenvalue weighted by molar-refractivity contribution is 6.33. The van der Waals surface area contributed by atoms with Gasteiger partial charge < -0.3 is 14.8 Å². The quantitative estimate of drug-likeness (QED) is 0.459. The summed E-state index contributed by atoms with van der Waals surface area (Å²) in [5, 5.41) is 13.2. The maximum atomic E-state index is 13.4. The number of quaternary nitrogens is 1. The van der Waals surface area contributed by atoms with E-state index in [0.29, 0.717) is 6.07 Å². The Morgan fingerprint density at radius 1 is 1.23 bits per heavy atom. The first-order chi connectivity index (χ1) is 13.7. The molecule has 10 heteroatoms. The average molecular weight is 451 g/mol. The first-order valence-corrected chi connectivity index (χ1v) is 10.1. The van der Waals surface area contributed by atoms with Gasteiger partial charge in [-0.05, 0) is 52.7 Å². The van der Waals surface area contributed by atoms with Gasteiger partial charge in [0.2, 0.25) is 0 Å². The Balaban J connectivity index is 2.20. The zero-order chi connectivity index (χ0) is 22.9. The van der Waals surface area contributed by atoms with Crippen LogP contribution in [0.1, 0.15) is 46.1 Å². The Hall–Kier alpha value is -1.84. The lowest BCUT2D eigenvalue weighted by Crippen LogP contribution is -2.54. The van der Waals surface area contributed by atoms with Gasteiger partial charge in [-0.25, -0.2) is 9.59 Å². The lowest BCUT2D eigenvalue weighted by atomic mass is 9.94. The van der Waals surface area contributed by atoms with Crippen LogP contribution >= 0.6 is 11.6 Å². The van der Waals surface area contributed by atoms with E-state index in [4.69, 9.17) is 16.3 Å². The minimum Gasteiger partial charge on any atom is -0.620 e. The Bertz CT molecular complexity index is 802. The second-order valence-corrected chi connectivity index (χ2v) is 8.71. The summed E-state index contributed by atoms with van der Waals surface area (Å²) in [7, 11) is 0. The predicted molar refractivity (Wildman–Crippen MR) is 108 cm³/mol. The van der Waals surface area contributed by atoms with Gasteiger partial charge in [0.1, 0.15) is 10.6 Å². The summed E-state index contributed by atoms with van der Waals surface area (Å²) in [5.41, 5.74) is -2.12. The Labute approximate surface area is 178 Å². The summed E-state index contributed by atoms with van der Waals surface area (Å²) in [5.74, 6) is -1.46. The molecule has 2 amide bonds. The average Bonchev–Trinajstić information content (AvgIpc) is 2.65. The molecule has 6 nitrogen and oxygen atoms in total. The van der Waals surface area contributed by atoms with Crippen molar-refractivity contribution in [1.82, 2.24) is 9.55 Å². The van der Waals surface area contributed by atoms with Crippen molar-refractivity contribution in [1.29, 1.82) is 0 Å². The van der Waals surface area contributed by atoms with E-state index < -0.39 is 45.6 Å². The highest BCUT2D eigenvalue weighted by atomic mass is 35.5. The Morgan fingerprint density at radius 2 is 1.80 bits per heavy atom. The highest BCUT2D eigenvalue weighted by Gasteiger charge is 2.41. The van der Waals surface area contributed by atoms with Gasteiger partial charge in [-0.1, -0.05) is 11.6 Å². The summed E-state index contributed by atoms with van der Waals surface area (Å²) < 4.78 is 43.0. The summed E-state index contributed by atoms with van der Waals surface area (Å²) in [4.78, 5) is 26.7. The minimum atomic E-state index is -4.67. The minimum absolute atomic E-state index is 0.195. The number of hydroxylamine groups is 2. The molecular weight excluding hydrogens is 425 g/mol. The summed E-state index contributed by atoms with van der Waals surface area (Å²) in [6, 6.07) is 2.40. The van der Waals surface area contributed by atoms with Crippen molar-refractivity contribution in [3.05, 3.63) is 34.0 Å². The molecule has 1 saturated heterocycles. The molecule has 0 saturated carbocycles. The topological polar surface area (TPSA) is 69.7 Å². The molecule has 2 rings (SSSR count). The monoisotopic (exact) mass is 450 g/mol. The van der Waals surface area contributed by atoms with Crippen molar-refractivity contribution in [2.45, 2.75) is 52.3 Å². The number of amides is 2. The number of alkyl halides is 3. The molecular formula is C20H26ClF3N2O4. The molecule has 0 radical (unpaired) electrons. The van der Waals surface area contributed by atoms with Crippen molar-refractivity contribution in [3.63, 3.8) is 0 Å². The summed E-state index contributed by atoms with van der Waals surface area (Å²) in [6.07, 6.45) is -4.74. The lowest BCUT2D eigenvalue weighted by molar-refractivity contribution is -0.138. The molecule has 1 aromatic carbocycles. The molecule has 30 heavy (non-hydrogen) atoms. The molecule has 0 bridgehead atoms. The van der Waals surface area contributed by atoms with Crippen molar-refractivity contribution in [3.8, 4) is 0 Å². The van der Waals surface area contributed by atoms with Crippen molar-refractivity contribution in [2.75, 3.05) is 19.6 Å². The van der Waals surface area contributed by atoms with Gasteiger partial charge in [0.25, 0.3) is 0 Å². The number of benzene rings is 1. The van der Waals surface area contributed by atoms with E-state index in [1.165, 1.54) is 11.8 Å². The second-order valence-electron chi connectivity index (χ2n) is 8.30. The number of hydrogen-bond donors (Lipinski definition) is 0. The SMILES string of the molecule is CC[N+]([O-])(C(=O)C1CCN(C(=O)OC(C)(C)C)CC1)c1cc(C(F)(F)F)ccc1Cl. The van der Waals surface area contributed by atoms with Crippen molar-refractivity contribution >= 4 is 29.3 Å². The molecule has 1 aromatic rings. The molecule has 1 fully saturated rings. The molecule has 1 aliphatic rings. The van der Waals surface area contributed by atoms with Crippen LogP contribution < -0.4 is 4.65 Å². The molecule has 0 aliphatic carbocycles. The standard InChI is InChI=1S/C20H26ClF3N2O4/c1-5-26(29,16-12-14(20(22,23)24)6-7-15(16)21)17(27)13-8-10-25(11-9-13)18(28)30-19(2,3)4/h6-7,12-13H,5,8-11H2,1-4H3. The summed E-state index contributed by atoms with van der Waals surface area (Å²) in [6.45, 7) is 6.78. The number of likely N-dealkylation sites (tertiary alicyclic amines) is 1. The van der Waals surface area contributed by atoms with Crippen LogP contribution in [0.2, 0.25) is 5.02 Å². The number of carbonyl (C=O) groups excluding carboxylic acids is 2. The van der Waals surface area contributed by atoms with E-state index in [-0.39, 0.29) is 37.5 Å². The van der Waals surface area contributed by atoms with E-state index in [2.05, 4.69) is 0 Å². The smallest absolute Gasteiger partial charge is 0.416 e. The molecule has 0 spiro atoms. The number of carbonyl (C=O) groups is 2. The van der Waals surface area contributed by atoms with Crippen LogP contribution in [0.25, 0.3) is 0 Å². The maximum Gasteiger partial charge on any atom is 0.416 e.